The summed E-state index contributed by atoms with van der Waals surface area (Å²) in [6.07, 6.45) is 5.09. The Hall–Kier alpha value is -0.0500. The van der Waals surface area contributed by atoms with E-state index in [4.69, 9.17) is 0 Å². The fraction of sp³-hybridized carbons (Fsp3) is 0.917. The Morgan fingerprint density at radius 2 is 2.33 bits per heavy atom. The largest absolute Gasteiger partial charge is 0.294 e. The van der Waals surface area contributed by atoms with Gasteiger partial charge in [0, 0.05) is 18.0 Å². The van der Waals surface area contributed by atoms with Gasteiger partial charge in [-0.15, -0.1) is 0 Å². The topological polar surface area (TPSA) is 12.4 Å². The van der Waals surface area contributed by atoms with Crippen molar-refractivity contribution in [3.8, 4) is 0 Å². The molecule has 0 N–H and O–H groups in total. The lowest BCUT2D eigenvalue weighted by atomic mass is 9.90. The van der Waals surface area contributed by atoms with Crippen LogP contribution in [0, 0.1) is 5.92 Å². The van der Waals surface area contributed by atoms with E-state index < -0.39 is 6.17 Å². The van der Waals surface area contributed by atoms with E-state index in [1.807, 2.05) is 6.21 Å². The number of nitrogens with zero attached hydrogens (tertiary/aromatic N) is 1. The van der Waals surface area contributed by atoms with Crippen LogP contribution in [0.15, 0.2) is 4.99 Å². The summed E-state index contributed by atoms with van der Waals surface area (Å²) in [5.74, 6) is 2.10. The number of rotatable bonds is 2. The van der Waals surface area contributed by atoms with Crippen molar-refractivity contribution in [2.75, 3.05) is 11.5 Å². The van der Waals surface area contributed by atoms with Crippen LogP contribution in [0.3, 0.4) is 0 Å². The summed E-state index contributed by atoms with van der Waals surface area (Å²) in [5.41, 5.74) is 0. The quantitative estimate of drug-likeness (QED) is 0.705. The van der Waals surface area contributed by atoms with Crippen LogP contribution < -0.4 is 0 Å². The first-order valence-electron chi connectivity index (χ1n) is 5.97. The summed E-state index contributed by atoms with van der Waals surface area (Å²) in [5, 5.41) is 0. The van der Waals surface area contributed by atoms with Crippen molar-refractivity contribution < 1.29 is 4.39 Å². The lowest BCUT2D eigenvalue weighted by Gasteiger charge is -2.23. The highest BCUT2D eigenvalue weighted by Crippen LogP contribution is 2.25. The van der Waals surface area contributed by atoms with E-state index in [-0.39, 0.29) is 5.92 Å². The van der Waals surface area contributed by atoms with Gasteiger partial charge in [-0.1, -0.05) is 13.3 Å². The van der Waals surface area contributed by atoms with Crippen LogP contribution in [-0.4, -0.2) is 29.9 Å². The summed E-state index contributed by atoms with van der Waals surface area (Å²) in [7, 11) is 0. The van der Waals surface area contributed by atoms with E-state index in [9.17, 15) is 4.39 Å². The Kier molecular flexibility index (Phi) is 6.30. The minimum absolute atomic E-state index is 0.223. The molecule has 0 aromatic rings. The van der Waals surface area contributed by atoms with Gasteiger partial charge in [-0.2, -0.15) is 11.8 Å². The van der Waals surface area contributed by atoms with E-state index in [0.717, 1.165) is 37.2 Å². The predicted octanol–water partition coefficient (Wildman–Crippen LogP) is 3.73. The molecule has 15 heavy (non-hydrogen) atoms. The van der Waals surface area contributed by atoms with Crippen molar-refractivity contribution in [2.45, 2.75) is 51.7 Å². The summed E-state index contributed by atoms with van der Waals surface area (Å²) < 4.78 is 13.9. The normalized spacial score (nSPS) is 33.9. The van der Waals surface area contributed by atoms with Crippen LogP contribution in [0.1, 0.15) is 39.5 Å². The van der Waals surface area contributed by atoms with E-state index in [0.29, 0.717) is 6.04 Å². The first-order valence-corrected chi connectivity index (χ1v) is 7.13. The second kappa shape index (κ2) is 7.26. The van der Waals surface area contributed by atoms with Gasteiger partial charge in [0.25, 0.3) is 0 Å². The van der Waals surface area contributed by atoms with Crippen LogP contribution in [0.5, 0.6) is 0 Å². The third kappa shape index (κ3) is 5.01. The van der Waals surface area contributed by atoms with Gasteiger partial charge in [0.15, 0.2) is 0 Å². The Morgan fingerprint density at radius 1 is 1.53 bits per heavy atom. The Morgan fingerprint density at radius 3 is 3.07 bits per heavy atom. The number of hydrogen-bond donors (Lipinski definition) is 0. The number of hydrogen-bond acceptors (Lipinski definition) is 2. The monoisotopic (exact) mass is 231 g/mol. The van der Waals surface area contributed by atoms with E-state index in [2.05, 4.69) is 18.8 Å². The summed E-state index contributed by atoms with van der Waals surface area (Å²) in [6, 6.07) is 0.290. The number of aliphatic imine (C=N–C) groups is 1. The fourth-order valence-electron chi connectivity index (χ4n) is 2.11. The fourth-order valence-corrected chi connectivity index (χ4v) is 2.86. The molecule has 0 bridgehead atoms. The number of halogens is 1. The second-order valence-electron chi connectivity index (χ2n) is 4.34. The highest BCUT2D eigenvalue weighted by atomic mass is 32.2. The van der Waals surface area contributed by atoms with Crippen molar-refractivity contribution >= 4 is 18.0 Å². The zero-order valence-corrected chi connectivity index (χ0v) is 10.6. The van der Waals surface area contributed by atoms with Crippen LogP contribution >= 0.6 is 11.8 Å². The number of thioether (sulfide) groups is 1. The molecule has 1 heterocycles. The van der Waals surface area contributed by atoms with Crippen molar-refractivity contribution in [3.05, 3.63) is 0 Å². The average Bonchev–Trinajstić information content (AvgIpc) is 2.21. The highest BCUT2D eigenvalue weighted by molar-refractivity contribution is 7.99. The number of alkyl halides is 1. The van der Waals surface area contributed by atoms with Gasteiger partial charge in [0.1, 0.15) is 6.17 Å². The summed E-state index contributed by atoms with van der Waals surface area (Å²) in [4.78, 5) is 4.44. The smallest absolute Gasteiger partial charge is 0.104 e. The molecule has 0 amide bonds. The zero-order chi connectivity index (χ0) is 11.1. The van der Waals surface area contributed by atoms with Crippen LogP contribution in [-0.2, 0) is 0 Å². The van der Waals surface area contributed by atoms with Crippen LogP contribution in [0.4, 0.5) is 4.39 Å². The van der Waals surface area contributed by atoms with E-state index in [1.54, 1.807) is 11.8 Å². The molecule has 0 aliphatic carbocycles. The maximum atomic E-state index is 13.9. The molecule has 0 aromatic heterocycles. The molecule has 1 aliphatic heterocycles. The zero-order valence-electron chi connectivity index (χ0n) is 9.79. The van der Waals surface area contributed by atoms with Gasteiger partial charge in [-0.3, -0.25) is 4.99 Å². The Labute approximate surface area is 96.9 Å². The molecule has 3 atom stereocenters. The maximum Gasteiger partial charge on any atom is 0.104 e. The summed E-state index contributed by atoms with van der Waals surface area (Å²) >= 11 is 1.79. The van der Waals surface area contributed by atoms with Gasteiger partial charge >= 0.3 is 0 Å². The maximum absolute atomic E-state index is 13.9. The minimum Gasteiger partial charge on any atom is -0.294 e. The molecule has 1 nitrogen and oxygen atoms in total. The van der Waals surface area contributed by atoms with E-state index in [1.165, 1.54) is 0 Å². The van der Waals surface area contributed by atoms with Crippen molar-refractivity contribution in [3.63, 3.8) is 0 Å². The van der Waals surface area contributed by atoms with Gasteiger partial charge < -0.3 is 0 Å². The standard InChI is InChI=1S/C12H22FNS/c1-3-4-11-9-10(2)14-6-8-15-7-5-12(11)13/h6,10-12H,3-5,7-9H2,1-2H3/t10-,11?,12?/m0/s1. The third-order valence-electron chi connectivity index (χ3n) is 2.91. The van der Waals surface area contributed by atoms with Gasteiger partial charge in [0.05, 0.1) is 0 Å². The van der Waals surface area contributed by atoms with Crippen molar-refractivity contribution in [1.82, 2.24) is 0 Å². The molecule has 1 aliphatic rings. The third-order valence-corrected chi connectivity index (χ3v) is 3.81. The molecule has 1 rings (SSSR count). The molecule has 3 heteroatoms. The Bertz CT molecular complexity index is 196. The molecule has 0 saturated heterocycles. The minimum atomic E-state index is -0.617. The molecule has 88 valence electrons. The second-order valence-corrected chi connectivity index (χ2v) is 5.49. The Balaban J connectivity index is 2.55. The highest BCUT2D eigenvalue weighted by Gasteiger charge is 2.22. The van der Waals surface area contributed by atoms with Crippen LogP contribution in [0.25, 0.3) is 0 Å². The molecule has 0 spiro atoms. The van der Waals surface area contributed by atoms with Crippen LogP contribution in [0.2, 0.25) is 0 Å². The van der Waals surface area contributed by atoms with Crippen molar-refractivity contribution in [2.24, 2.45) is 10.9 Å². The molecule has 2 unspecified atom stereocenters. The first kappa shape index (κ1) is 13.0. The van der Waals surface area contributed by atoms with Gasteiger partial charge in [-0.05, 0) is 37.9 Å². The van der Waals surface area contributed by atoms with Gasteiger partial charge in [-0.25, -0.2) is 4.39 Å². The SMILES string of the molecule is CCCC1C[C@H](C)N=CCSCCC1F. The molecular weight excluding hydrogens is 209 g/mol. The first-order chi connectivity index (χ1) is 7.24. The van der Waals surface area contributed by atoms with E-state index >= 15 is 0 Å². The lowest BCUT2D eigenvalue weighted by Crippen LogP contribution is -2.21. The lowest BCUT2D eigenvalue weighted by molar-refractivity contribution is 0.194. The molecular formula is C12H22FNS. The molecule has 0 aromatic carbocycles. The molecule has 0 radical (unpaired) electrons. The summed E-state index contributed by atoms with van der Waals surface area (Å²) in [6.45, 7) is 4.23. The average molecular weight is 231 g/mol. The molecule has 0 saturated carbocycles. The van der Waals surface area contributed by atoms with Gasteiger partial charge in [0.2, 0.25) is 0 Å². The predicted molar refractivity (Wildman–Crippen MR) is 67.8 cm³/mol. The van der Waals surface area contributed by atoms with Crippen molar-refractivity contribution in [1.29, 1.82) is 0 Å². The molecule has 0 fully saturated rings.